The smallest absolute Gasteiger partial charge is 0.243 e. The number of carbonyl (C=O) groups is 1. The number of hydrogen-bond donors (Lipinski definition) is 1. The van der Waals surface area contributed by atoms with Gasteiger partial charge in [-0.3, -0.25) is 9.10 Å². The van der Waals surface area contributed by atoms with Crippen LogP contribution in [0.1, 0.15) is 12.5 Å². The first-order chi connectivity index (χ1) is 13.6. The van der Waals surface area contributed by atoms with Crippen molar-refractivity contribution in [2.75, 3.05) is 42.7 Å². The van der Waals surface area contributed by atoms with E-state index >= 15 is 0 Å². The number of para-hydroxylation sites is 1. The third-order valence-electron chi connectivity index (χ3n) is 4.60. The number of nitrogens with one attached hydrogen (secondary N) is 1. The van der Waals surface area contributed by atoms with Crippen molar-refractivity contribution in [1.29, 1.82) is 0 Å². The fraction of sp³-hybridized carbons (Fsp3) is 0.381. The molecule has 0 saturated heterocycles. The van der Waals surface area contributed by atoms with Crippen LogP contribution in [0.5, 0.6) is 5.75 Å². The molecule has 158 valence electrons. The number of benzene rings is 2. The van der Waals surface area contributed by atoms with Gasteiger partial charge >= 0.3 is 0 Å². The van der Waals surface area contributed by atoms with Gasteiger partial charge in [-0.1, -0.05) is 24.3 Å². The van der Waals surface area contributed by atoms with E-state index in [-0.39, 0.29) is 5.91 Å². The minimum atomic E-state index is -3.71. The highest BCUT2D eigenvalue weighted by atomic mass is 32.2. The molecule has 0 aliphatic heterocycles. The second-order valence-electron chi connectivity index (χ2n) is 6.96. The topological polar surface area (TPSA) is 79.0 Å². The molecule has 2 rings (SSSR count). The van der Waals surface area contributed by atoms with E-state index < -0.39 is 16.1 Å². The first-order valence-electron chi connectivity index (χ1n) is 9.33. The monoisotopic (exact) mass is 419 g/mol. The molecule has 0 aromatic heterocycles. The second kappa shape index (κ2) is 9.65. The molecule has 1 unspecified atom stereocenters. The lowest BCUT2D eigenvalue weighted by atomic mass is 10.2. The molecule has 0 fully saturated rings. The highest BCUT2D eigenvalue weighted by Gasteiger charge is 2.31. The van der Waals surface area contributed by atoms with Crippen LogP contribution in [0.25, 0.3) is 0 Å². The predicted molar refractivity (Wildman–Crippen MR) is 117 cm³/mol. The lowest BCUT2D eigenvalue weighted by Gasteiger charge is -2.30. The first kappa shape index (κ1) is 22.5. The molecule has 0 spiro atoms. The normalized spacial score (nSPS) is 12.2. The van der Waals surface area contributed by atoms with Gasteiger partial charge in [0.1, 0.15) is 11.8 Å². The average molecular weight is 420 g/mol. The van der Waals surface area contributed by atoms with Gasteiger partial charge < -0.3 is 15.0 Å². The van der Waals surface area contributed by atoms with Gasteiger partial charge in [-0.05, 0) is 43.7 Å². The molecule has 2 aromatic rings. The summed E-state index contributed by atoms with van der Waals surface area (Å²) in [6.07, 6.45) is 1.09. The van der Waals surface area contributed by atoms with E-state index in [1.807, 2.05) is 55.3 Å². The van der Waals surface area contributed by atoms with Crippen LogP contribution in [0.4, 0.5) is 11.4 Å². The molecule has 1 N–H and O–H groups in total. The van der Waals surface area contributed by atoms with E-state index in [1.54, 1.807) is 19.1 Å². The Hall–Kier alpha value is -2.74. The van der Waals surface area contributed by atoms with Crippen LogP contribution in [-0.2, 0) is 14.8 Å². The van der Waals surface area contributed by atoms with Gasteiger partial charge in [0, 0.05) is 25.8 Å². The molecule has 1 atom stereocenters. The van der Waals surface area contributed by atoms with E-state index in [0.717, 1.165) is 21.8 Å². The van der Waals surface area contributed by atoms with Gasteiger partial charge in [-0.25, -0.2) is 8.42 Å². The molecule has 0 heterocycles. The SMILES string of the molecule is COc1ccc(C)cc1N(C(C)C(=O)NCCN(C)c1ccccc1)S(C)(=O)=O. The molecular weight excluding hydrogens is 390 g/mol. The van der Waals surface area contributed by atoms with Crippen LogP contribution < -0.4 is 19.3 Å². The lowest BCUT2D eigenvalue weighted by Crippen LogP contribution is -2.49. The lowest BCUT2D eigenvalue weighted by molar-refractivity contribution is -0.121. The second-order valence-corrected chi connectivity index (χ2v) is 8.82. The van der Waals surface area contributed by atoms with Crippen LogP contribution >= 0.6 is 0 Å². The molecule has 0 aliphatic carbocycles. The number of hydrogen-bond acceptors (Lipinski definition) is 5. The van der Waals surface area contributed by atoms with Gasteiger partial charge in [0.05, 0.1) is 19.1 Å². The van der Waals surface area contributed by atoms with Crippen molar-refractivity contribution in [1.82, 2.24) is 5.32 Å². The van der Waals surface area contributed by atoms with Crippen LogP contribution in [-0.4, -0.2) is 53.9 Å². The largest absolute Gasteiger partial charge is 0.495 e. The summed E-state index contributed by atoms with van der Waals surface area (Å²) in [5.74, 6) is 0.0185. The van der Waals surface area contributed by atoms with Crippen molar-refractivity contribution in [2.45, 2.75) is 19.9 Å². The Morgan fingerprint density at radius 3 is 2.41 bits per heavy atom. The number of amides is 1. The Kier molecular flexibility index (Phi) is 7.50. The Morgan fingerprint density at radius 1 is 1.17 bits per heavy atom. The van der Waals surface area contributed by atoms with E-state index in [4.69, 9.17) is 4.74 Å². The predicted octanol–water partition coefficient (Wildman–Crippen LogP) is 2.41. The summed E-state index contributed by atoms with van der Waals surface area (Å²) >= 11 is 0. The molecular formula is C21H29N3O4S. The standard InChI is InChI=1S/C21H29N3O4S/c1-16-11-12-20(28-4)19(15-16)24(29(5,26)27)17(2)21(25)22-13-14-23(3)18-9-7-6-8-10-18/h6-12,15,17H,13-14H2,1-5H3,(H,22,25). The van der Waals surface area contributed by atoms with Crippen molar-refractivity contribution < 1.29 is 17.9 Å². The quantitative estimate of drug-likeness (QED) is 0.675. The Balaban J connectivity index is 2.13. The fourth-order valence-corrected chi connectivity index (χ4v) is 4.23. The molecule has 29 heavy (non-hydrogen) atoms. The van der Waals surface area contributed by atoms with Crippen molar-refractivity contribution >= 4 is 27.3 Å². The summed E-state index contributed by atoms with van der Waals surface area (Å²) in [5.41, 5.74) is 2.25. The fourth-order valence-electron chi connectivity index (χ4n) is 3.06. The summed E-state index contributed by atoms with van der Waals surface area (Å²) in [7, 11) is -0.307. The van der Waals surface area contributed by atoms with Gasteiger partial charge in [0.15, 0.2) is 0 Å². The van der Waals surface area contributed by atoms with Crippen molar-refractivity contribution in [3.63, 3.8) is 0 Å². The molecule has 0 aliphatic rings. The van der Waals surface area contributed by atoms with E-state index in [2.05, 4.69) is 5.32 Å². The maximum absolute atomic E-state index is 12.7. The first-order valence-corrected chi connectivity index (χ1v) is 11.2. The Labute approximate surface area is 173 Å². The summed E-state index contributed by atoms with van der Waals surface area (Å²) < 4.78 is 31.4. The van der Waals surface area contributed by atoms with E-state index in [0.29, 0.717) is 24.5 Å². The molecule has 2 aromatic carbocycles. The van der Waals surface area contributed by atoms with Gasteiger partial charge in [-0.15, -0.1) is 0 Å². The maximum Gasteiger partial charge on any atom is 0.243 e. The average Bonchev–Trinajstić information content (AvgIpc) is 2.67. The van der Waals surface area contributed by atoms with Crippen LogP contribution in [0.2, 0.25) is 0 Å². The van der Waals surface area contributed by atoms with Crippen LogP contribution in [0.15, 0.2) is 48.5 Å². The number of anilines is 2. The highest BCUT2D eigenvalue weighted by Crippen LogP contribution is 2.32. The summed E-state index contributed by atoms with van der Waals surface area (Å²) in [4.78, 5) is 14.7. The van der Waals surface area contributed by atoms with Gasteiger partial charge in [0.25, 0.3) is 0 Å². The zero-order chi connectivity index (χ0) is 21.6. The van der Waals surface area contributed by atoms with E-state index in [9.17, 15) is 13.2 Å². The third kappa shape index (κ3) is 5.87. The summed E-state index contributed by atoms with van der Waals surface area (Å²) in [6, 6.07) is 14.1. The Bertz CT molecular complexity index is 932. The maximum atomic E-state index is 12.7. The van der Waals surface area contributed by atoms with Gasteiger partial charge in [-0.2, -0.15) is 0 Å². The Morgan fingerprint density at radius 2 is 1.83 bits per heavy atom. The van der Waals surface area contributed by atoms with Crippen molar-refractivity contribution in [3.05, 3.63) is 54.1 Å². The molecule has 8 heteroatoms. The minimum Gasteiger partial charge on any atom is -0.495 e. The number of carbonyl (C=O) groups excluding carboxylic acids is 1. The molecule has 7 nitrogen and oxygen atoms in total. The molecule has 1 amide bonds. The number of methoxy groups -OCH3 is 1. The number of ether oxygens (including phenoxy) is 1. The zero-order valence-electron chi connectivity index (χ0n) is 17.5. The number of nitrogens with zero attached hydrogens (tertiary/aromatic N) is 2. The van der Waals surface area contributed by atoms with Crippen LogP contribution in [0, 0.1) is 6.92 Å². The van der Waals surface area contributed by atoms with Crippen molar-refractivity contribution in [3.8, 4) is 5.75 Å². The van der Waals surface area contributed by atoms with E-state index in [1.165, 1.54) is 7.11 Å². The van der Waals surface area contributed by atoms with Crippen molar-refractivity contribution in [2.24, 2.45) is 0 Å². The minimum absolute atomic E-state index is 0.346. The molecule has 0 saturated carbocycles. The number of aryl methyl sites for hydroxylation is 1. The zero-order valence-corrected chi connectivity index (χ0v) is 18.4. The molecule has 0 radical (unpaired) electrons. The summed E-state index contributed by atoms with van der Waals surface area (Å²) in [6.45, 7) is 4.40. The third-order valence-corrected chi connectivity index (χ3v) is 5.83. The van der Waals surface area contributed by atoms with Gasteiger partial charge in [0.2, 0.25) is 15.9 Å². The van der Waals surface area contributed by atoms with Crippen LogP contribution in [0.3, 0.4) is 0 Å². The summed E-state index contributed by atoms with van der Waals surface area (Å²) in [5, 5.41) is 2.83. The number of rotatable bonds is 9. The highest BCUT2D eigenvalue weighted by molar-refractivity contribution is 7.92. The molecule has 0 bridgehead atoms. The number of sulfonamides is 1. The number of likely N-dealkylation sites (N-methyl/N-ethyl adjacent to an activating group) is 1.